The number of esters is 1. The van der Waals surface area contributed by atoms with Crippen molar-refractivity contribution in [3.63, 3.8) is 0 Å². The Balaban J connectivity index is 1.45. The normalized spacial score (nSPS) is 20.4. The minimum Gasteiger partial charge on any atom is -0.466 e. The predicted octanol–water partition coefficient (Wildman–Crippen LogP) is 2.09. The number of hydrogen-bond donors (Lipinski definition) is 0. The molecule has 2 aliphatic rings. The van der Waals surface area contributed by atoms with Crippen LogP contribution in [0.25, 0.3) is 0 Å². The van der Waals surface area contributed by atoms with Crippen molar-refractivity contribution < 1.29 is 9.53 Å². The molecule has 2 aliphatic heterocycles. The van der Waals surface area contributed by atoms with Gasteiger partial charge in [-0.1, -0.05) is 12.1 Å². The zero-order valence-electron chi connectivity index (χ0n) is 18.6. The number of anilines is 3. The number of carbonyl (C=O) groups is 1. The number of piperidine rings is 1. The van der Waals surface area contributed by atoms with Crippen molar-refractivity contribution in [3.8, 4) is 0 Å². The average Bonchev–Trinajstić information content (AvgIpc) is 2.77. The summed E-state index contributed by atoms with van der Waals surface area (Å²) >= 11 is 0. The molecule has 1 atom stereocenters. The summed E-state index contributed by atoms with van der Waals surface area (Å²) < 4.78 is 5.13. The van der Waals surface area contributed by atoms with Gasteiger partial charge in [0.1, 0.15) is 11.4 Å². The van der Waals surface area contributed by atoms with Gasteiger partial charge < -0.3 is 19.4 Å². The van der Waals surface area contributed by atoms with E-state index in [2.05, 4.69) is 47.9 Å². The van der Waals surface area contributed by atoms with Crippen LogP contribution in [0.3, 0.4) is 0 Å². The van der Waals surface area contributed by atoms with Crippen molar-refractivity contribution in [2.75, 3.05) is 54.0 Å². The first kappa shape index (κ1) is 21.4. The van der Waals surface area contributed by atoms with Gasteiger partial charge in [-0.2, -0.15) is 0 Å². The summed E-state index contributed by atoms with van der Waals surface area (Å²) in [5.41, 5.74) is 2.76. The lowest BCUT2D eigenvalue weighted by Gasteiger charge is -2.44. The maximum Gasteiger partial charge on any atom is 0.309 e. The standard InChI is InChI=1S/C24H31N3O4/c1-4-31-24(30)18-8-10-25(11-9-18)20-21(23(29)22(20)28)26-12-13-27(17(3)15-26)19-7-5-6-16(2)14-19/h5-7,14,17-18H,4,8-13,15H2,1-3H3/t17-/m0/s1. The minimum absolute atomic E-state index is 0.121. The highest BCUT2D eigenvalue weighted by Crippen LogP contribution is 2.31. The molecule has 0 aliphatic carbocycles. The number of carbonyl (C=O) groups excluding carboxylic acids is 1. The summed E-state index contributed by atoms with van der Waals surface area (Å²) in [6, 6.07) is 8.68. The van der Waals surface area contributed by atoms with E-state index in [-0.39, 0.29) is 23.4 Å². The van der Waals surface area contributed by atoms with E-state index in [0.29, 0.717) is 57.0 Å². The monoisotopic (exact) mass is 425 g/mol. The molecule has 31 heavy (non-hydrogen) atoms. The van der Waals surface area contributed by atoms with Gasteiger partial charge in [-0.05, 0) is 51.3 Å². The Kier molecular flexibility index (Phi) is 6.03. The van der Waals surface area contributed by atoms with Crippen LogP contribution < -0.4 is 25.6 Å². The summed E-state index contributed by atoms with van der Waals surface area (Å²) in [6.07, 6.45) is 1.29. The molecule has 0 spiro atoms. The van der Waals surface area contributed by atoms with E-state index in [1.807, 2.05) is 11.8 Å². The maximum absolute atomic E-state index is 12.5. The van der Waals surface area contributed by atoms with Crippen molar-refractivity contribution in [1.82, 2.24) is 0 Å². The molecular formula is C24H31N3O4. The van der Waals surface area contributed by atoms with Gasteiger partial charge in [0.15, 0.2) is 0 Å². The highest BCUT2D eigenvalue weighted by molar-refractivity contribution is 5.78. The number of hydrogen-bond acceptors (Lipinski definition) is 7. The lowest BCUT2D eigenvalue weighted by Crippen LogP contribution is -2.56. The fourth-order valence-electron chi connectivity index (χ4n) is 4.90. The molecule has 7 nitrogen and oxygen atoms in total. The summed E-state index contributed by atoms with van der Waals surface area (Å²) in [6.45, 7) is 9.83. The molecule has 0 N–H and O–H groups in total. The minimum atomic E-state index is -0.390. The Morgan fingerprint density at radius 3 is 2.32 bits per heavy atom. The van der Waals surface area contributed by atoms with E-state index in [0.717, 1.165) is 6.54 Å². The van der Waals surface area contributed by atoms with Crippen molar-refractivity contribution in [1.29, 1.82) is 0 Å². The molecule has 7 heteroatoms. The van der Waals surface area contributed by atoms with Crippen molar-refractivity contribution in [3.05, 3.63) is 50.3 Å². The van der Waals surface area contributed by atoms with Crippen LogP contribution in [0.2, 0.25) is 0 Å². The second-order valence-electron chi connectivity index (χ2n) is 8.70. The predicted molar refractivity (Wildman–Crippen MR) is 123 cm³/mol. The van der Waals surface area contributed by atoms with Gasteiger partial charge in [0.2, 0.25) is 0 Å². The fraction of sp³-hybridized carbons (Fsp3) is 0.542. The van der Waals surface area contributed by atoms with E-state index in [9.17, 15) is 14.4 Å². The molecule has 166 valence electrons. The number of ether oxygens (including phenoxy) is 1. The fourth-order valence-corrected chi connectivity index (χ4v) is 4.90. The van der Waals surface area contributed by atoms with Gasteiger partial charge in [-0.15, -0.1) is 0 Å². The van der Waals surface area contributed by atoms with Crippen LogP contribution in [0.5, 0.6) is 0 Å². The molecule has 0 aromatic heterocycles. The van der Waals surface area contributed by atoms with Crippen molar-refractivity contribution >= 4 is 23.0 Å². The summed E-state index contributed by atoms with van der Waals surface area (Å²) in [7, 11) is 0. The molecule has 2 saturated heterocycles. The highest BCUT2D eigenvalue weighted by atomic mass is 16.5. The van der Waals surface area contributed by atoms with Crippen LogP contribution in [0.1, 0.15) is 32.3 Å². The van der Waals surface area contributed by atoms with Crippen LogP contribution in [-0.4, -0.2) is 51.3 Å². The third kappa shape index (κ3) is 4.05. The Morgan fingerprint density at radius 2 is 1.71 bits per heavy atom. The molecule has 2 heterocycles. The van der Waals surface area contributed by atoms with Gasteiger partial charge in [0.05, 0.1) is 12.5 Å². The van der Waals surface area contributed by atoms with Crippen molar-refractivity contribution in [2.24, 2.45) is 5.92 Å². The molecule has 2 aromatic carbocycles. The summed E-state index contributed by atoms with van der Waals surface area (Å²) in [4.78, 5) is 43.4. The van der Waals surface area contributed by atoms with E-state index in [1.165, 1.54) is 11.3 Å². The number of aryl methyl sites for hydroxylation is 1. The van der Waals surface area contributed by atoms with Crippen LogP contribution in [-0.2, 0) is 9.53 Å². The number of rotatable bonds is 5. The second kappa shape index (κ2) is 8.73. The van der Waals surface area contributed by atoms with Gasteiger partial charge in [0, 0.05) is 44.5 Å². The molecule has 2 fully saturated rings. The van der Waals surface area contributed by atoms with Gasteiger partial charge in [-0.3, -0.25) is 14.4 Å². The first-order valence-corrected chi connectivity index (χ1v) is 11.2. The summed E-state index contributed by atoms with van der Waals surface area (Å²) in [5, 5.41) is 0. The molecule has 4 rings (SSSR count). The van der Waals surface area contributed by atoms with Crippen molar-refractivity contribution in [2.45, 2.75) is 39.7 Å². The molecule has 0 bridgehead atoms. The molecule has 0 amide bonds. The largest absolute Gasteiger partial charge is 0.466 e. The van der Waals surface area contributed by atoms with E-state index >= 15 is 0 Å². The van der Waals surface area contributed by atoms with Crippen LogP contribution in [0, 0.1) is 12.8 Å². The van der Waals surface area contributed by atoms with E-state index < -0.39 is 5.43 Å². The first-order chi connectivity index (χ1) is 14.9. The smallest absolute Gasteiger partial charge is 0.309 e. The first-order valence-electron chi connectivity index (χ1n) is 11.2. The Morgan fingerprint density at radius 1 is 1.03 bits per heavy atom. The van der Waals surface area contributed by atoms with Crippen LogP contribution >= 0.6 is 0 Å². The summed E-state index contributed by atoms with van der Waals surface area (Å²) in [5.74, 6) is -0.280. The van der Waals surface area contributed by atoms with Gasteiger partial charge in [0.25, 0.3) is 10.9 Å². The van der Waals surface area contributed by atoms with Gasteiger partial charge in [-0.25, -0.2) is 0 Å². The van der Waals surface area contributed by atoms with Crippen LogP contribution in [0.15, 0.2) is 33.9 Å². The molecule has 0 unspecified atom stereocenters. The molecular weight excluding hydrogens is 394 g/mol. The number of benzene rings is 1. The highest BCUT2D eigenvalue weighted by Gasteiger charge is 2.36. The van der Waals surface area contributed by atoms with E-state index in [4.69, 9.17) is 4.74 Å². The Hall–Kier alpha value is -2.83. The zero-order valence-corrected chi connectivity index (χ0v) is 18.6. The molecule has 0 saturated carbocycles. The molecule has 2 aromatic rings. The number of nitrogens with zero attached hydrogens (tertiary/aromatic N) is 3. The average molecular weight is 426 g/mol. The lowest BCUT2D eigenvalue weighted by atomic mass is 9.95. The maximum atomic E-state index is 12.5. The topological polar surface area (TPSA) is 70.2 Å². The third-order valence-electron chi connectivity index (χ3n) is 6.57. The number of piperazine rings is 1. The SMILES string of the molecule is CCOC(=O)C1CCN(c2c(N3CCN(c4cccc(C)c4)[C@@H](C)C3)c(=O)c2=O)CC1. The van der Waals surface area contributed by atoms with Gasteiger partial charge >= 0.3 is 5.97 Å². The lowest BCUT2D eigenvalue weighted by molar-refractivity contribution is -0.148. The Labute approximate surface area is 182 Å². The second-order valence-corrected chi connectivity index (χ2v) is 8.70. The van der Waals surface area contributed by atoms with E-state index in [1.54, 1.807) is 0 Å². The molecule has 0 radical (unpaired) electrons. The zero-order chi connectivity index (χ0) is 22.1. The Bertz CT molecular complexity index is 1020. The third-order valence-corrected chi connectivity index (χ3v) is 6.57. The van der Waals surface area contributed by atoms with Crippen LogP contribution in [0.4, 0.5) is 17.1 Å². The quantitative estimate of drug-likeness (QED) is 0.537.